The van der Waals surface area contributed by atoms with Crippen molar-refractivity contribution >= 4 is 18.3 Å². The van der Waals surface area contributed by atoms with Crippen LogP contribution in [0.4, 0.5) is 0 Å². The lowest BCUT2D eigenvalue weighted by Gasteiger charge is -1.81. The first-order chi connectivity index (χ1) is 6.38. The summed E-state index contributed by atoms with van der Waals surface area (Å²) in [7, 11) is 0. The van der Waals surface area contributed by atoms with Gasteiger partial charge in [0.2, 0.25) is 6.41 Å². The lowest BCUT2D eigenvalue weighted by atomic mass is 10.6. The van der Waals surface area contributed by atoms with Gasteiger partial charge >= 0.3 is 0 Å². The Morgan fingerprint density at radius 3 is 2.00 bits per heavy atom. The fraction of sp³-hybridized carbons (Fsp3) is 0.286. The van der Waals surface area contributed by atoms with E-state index in [1.165, 1.54) is 0 Å². The minimum Gasteiger partial charge on any atom is -0.481 e. The zero-order chi connectivity index (χ0) is 12.0. The predicted octanol–water partition coefficient (Wildman–Crippen LogP) is -1.15. The number of nitrogens with two attached hydrogens (primary N) is 2. The number of carboxylic acids is 1. The number of amides is 1. The number of carboxylic acid groups (broad SMARTS) is 1. The van der Waals surface area contributed by atoms with Crippen molar-refractivity contribution in [1.82, 2.24) is 5.32 Å². The first kappa shape index (κ1) is 17.9. The topological polar surface area (TPSA) is 142 Å². The summed E-state index contributed by atoms with van der Waals surface area (Å²) >= 11 is 0. The molecule has 0 aliphatic rings. The third kappa shape index (κ3) is 883. The van der Waals surface area contributed by atoms with Crippen LogP contribution in [-0.2, 0) is 9.59 Å². The molecule has 0 aromatic carbocycles. The molecule has 7 N–H and O–H groups in total. The quantitative estimate of drug-likeness (QED) is 0.130. The Kier molecular flexibility index (Phi) is 21.9. The van der Waals surface area contributed by atoms with E-state index in [4.69, 9.17) is 15.3 Å². The van der Waals surface area contributed by atoms with E-state index in [1.54, 1.807) is 6.08 Å². The summed E-state index contributed by atoms with van der Waals surface area (Å²) in [5.41, 5.74) is 8.94. The van der Waals surface area contributed by atoms with Gasteiger partial charge in [0.05, 0.1) is 0 Å². The van der Waals surface area contributed by atoms with Crippen molar-refractivity contribution in [3.8, 4) is 0 Å². The van der Waals surface area contributed by atoms with Crippen LogP contribution in [0.2, 0.25) is 0 Å². The number of guanidine groups is 1. The highest BCUT2D eigenvalue weighted by molar-refractivity contribution is 5.71. The van der Waals surface area contributed by atoms with Gasteiger partial charge in [-0.3, -0.25) is 15.0 Å². The van der Waals surface area contributed by atoms with E-state index in [-0.39, 0.29) is 5.96 Å². The minimum atomic E-state index is -0.833. The Hall–Kier alpha value is -2.05. The molecule has 7 nitrogen and oxygen atoms in total. The molecule has 7 heteroatoms. The summed E-state index contributed by atoms with van der Waals surface area (Å²) in [5.74, 6) is -1.17. The normalized spacial score (nSPS) is 6.36. The molecule has 0 fully saturated rings. The second-order valence-electron chi connectivity index (χ2n) is 1.79. The molecule has 14 heavy (non-hydrogen) atoms. The maximum atomic E-state index is 9.40. The van der Waals surface area contributed by atoms with E-state index in [0.717, 1.165) is 6.92 Å². The number of carbonyl (C=O) groups is 2. The smallest absolute Gasteiger partial charge is 0.300 e. The van der Waals surface area contributed by atoms with Crippen LogP contribution < -0.4 is 16.8 Å². The van der Waals surface area contributed by atoms with Crippen molar-refractivity contribution in [2.75, 3.05) is 6.54 Å². The standard InChI is InChI=1S/C4H7NO.C2H4O2.CH5N3/c1-2-3-5-4-6;1-2(3)4;2-1(3)4/h2,4H,1,3H2,(H,5,6);1H3,(H,3,4);(H5,2,3,4). The van der Waals surface area contributed by atoms with Crippen LogP contribution in [0, 0.1) is 5.41 Å². The second kappa shape index (κ2) is 17.2. The largest absolute Gasteiger partial charge is 0.481 e. The molecule has 0 saturated heterocycles. The van der Waals surface area contributed by atoms with Crippen molar-refractivity contribution in [2.24, 2.45) is 11.5 Å². The van der Waals surface area contributed by atoms with E-state index in [1.807, 2.05) is 0 Å². The summed E-state index contributed by atoms with van der Waals surface area (Å²) in [6.45, 7) is 5.02. The molecule has 0 atom stereocenters. The number of nitrogens with one attached hydrogen (secondary N) is 2. The van der Waals surface area contributed by atoms with Crippen LogP contribution in [0.5, 0.6) is 0 Å². The first-order valence-corrected chi connectivity index (χ1v) is 3.45. The zero-order valence-corrected chi connectivity index (χ0v) is 7.99. The monoisotopic (exact) mass is 204 g/mol. The van der Waals surface area contributed by atoms with E-state index in [9.17, 15) is 4.79 Å². The van der Waals surface area contributed by atoms with Gasteiger partial charge in [-0.15, -0.1) is 6.58 Å². The van der Waals surface area contributed by atoms with Crippen molar-refractivity contribution in [2.45, 2.75) is 6.92 Å². The van der Waals surface area contributed by atoms with Gasteiger partial charge < -0.3 is 21.9 Å². The van der Waals surface area contributed by atoms with Crippen LogP contribution in [0.25, 0.3) is 0 Å². The first-order valence-electron chi connectivity index (χ1n) is 3.45. The lowest BCUT2D eigenvalue weighted by molar-refractivity contribution is -0.134. The van der Waals surface area contributed by atoms with Gasteiger partial charge in [-0.1, -0.05) is 6.08 Å². The van der Waals surface area contributed by atoms with E-state index < -0.39 is 5.97 Å². The molecule has 0 heterocycles. The Balaban J connectivity index is -0.000000135. The maximum absolute atomic E-state index is 9.40. The van der Waals surface area contributed by atoms with Gasteiger partial charge in [-0.2, -0.15) is 0 Å². The van der Waals surface area contributed by atoms with Crippen molar-refractivity contribution in [3.63, 3.8) is 0 Å². The molecule has 0 aliphatic carbocycles. The lowest BCUT2D eigenvalue weighted by Crippen LogP contribution is -2.20. The third-order valence-corrected chi connectivity index (χ3v) is 0.346. The second-order valence-corrected chi connectivity index (χ2v) is 1.79. The zero-order valence-electron chi connectivity index (χ0n) is 7.99. The molecule has 0 saturated carbocycles. The van der Waals surface area contributed by atoms with Crippen LogP contribution >= 0.6 is 0 Å². The number of carbonyl (C=O) groups excluding carboxylic acids is 1. The van der Waals surface area contributed by atoms with Crippen LogP contribution in [-0.4, -0.2) is 30.0 Å². The van der Waals surface area contributed by atoms with Crippen LogP contribution in [0.1, 0.15) is 6.92 Å². The third-order valence-electron chi connectivity index (χ3n) is 0.346. The van der Waals surface area contributed by atoms with Gasteiger partial charge in [-0.05, 0) is 0 Å². The molecule has 0 unspecified atom stereocenters. The van der Waals surface area contributed by atoms with Crippen molar-refractivity contribution < 1.29 is 14.7 Å². The average molecular weight is 204 g/mol. The van der Waals surface area contributed by atoms with Crippen LogP contribution in [0.3, 0.4) is 0 Å². The summed E-state index contributed by atoms with van der Waals surface area (Å²) in [6.07, 6.45) is 2.26. The predicted molar refractivity (Wildman–Crippen MR) is 53.7 cm³/mol. The molecular weight excluding hydrogens is 188 g/mol. The van der Waals surface area contributed by atoms with E-state index in [0.29, 0.717) is 13.0 Å². The molecule has 0 radical (unpaired) electrons. The highest BCUT2D eigenvalue weighted by Gasteiger charge is 1.65. The highest BCUT2D eigenvalue weighted by Crippen LogP contribution is 1.49. The van der Waals surface area contributed by atoms with Crippen LogP contribution in [0.15, 0.2) is 12.7 Å². The van der Waals surface area contributed by atoms with E-state index in [2.05, 4.69) is 23.4 Å². The summed E-state index contributed by atoms with van der Waals surface area (Å²) in [6, 6.07) is 0. The number of hydrogen-bond donors (Lipinski definition) is 5. The molecule has 0 aromatic rings. The van der Waals surface area contributed by atoms with Crippen molar-refractivity contribution in [3.05, 3.63) is 12.7 Å². The molecule has 1 amide bonds. The van der Waals surface area contributed by atoms with Gasteiger partial charge in [0.1, 0.15) is 0 Å². The summed E-state index contributed by atoms with van der Waals surface area (Å²) in [5, 5.41) is 15.9. The maximum Gasteiger partial charge on any atom is 0.300 e. The summed E-state index contributed by atoms with van der Waals surface area (Å²) < 4.78 is 0. The van der Waals surface area contributed by atoms with Crippen molar-refractivity contribution in [1.29, 1.82) is 5.41 Å². The van der Waals surface area contributed by atoms with Gasteiger partial charge in [0.25, 0.3) is 5.97 Å². The molecule has 0 spiro atoms. The van der Waals surface area contributed by atoms with Gasteiger partial charge in [-0.25, -0.2) is 0 Å². The van der Waals surface area contributed by atoms with E-state index >= 15 is 0 Å². The highest BCUT2D eigenvalue weighted by atomic mass is 16.4. The molecule has 82 valence electrons. The number of aliphatic carboxylic acids is 1. The molecule has 0 rings (SSSR count). The Morgan fingerprint density at radius 1 is 1.64 bits per heavy atom. The molecule has 0 aromatic heterocycles. The molecular formula is C7H16N4O3. The number of rotatable bonds is 3. The Labute approximate surface area is 82.3 Å². The Bertz CT molecular complexity index is 154. The minimum absolute atomic E-state index is 0.333. The molecule has 0 bridgehead atoms. The number of hydrogen-bond acceptors (Lipinski definition) is 3. The average Bonchev–Trinajstić information content (AvgIpc) is 1.98. The fourth-order valence-electron chi connectivity index (χ4n) is 0.131. The molecule has 0 aliphatic heterocycles. The summed E-state index contributed by atoms with van der Waals surface area (Å²) in [4.78, 5) is 18.4. The SMILES string of the molecule is C=CCNC=O.CC(=O)O.N=C(N)N. The Morgan fingerprint density at radius 2 is 1.93 bits per heavy atom. The fourth-order valence-corrected chi connectivity index (χ4v) is 0.131. The van der Waals surface area contributed by atoms with Gasteiger partial charge in [0.15, 0.2) is 5.96 Å². The van der Waals surface area contributed by atoms with Gasteiger partial charge in [0, 0.05) is 13.5 Å².